The number of hydrogen-bond donors (Lipinski definition) is 0. The van der Waals surface area contributed by atoms with E-state index in [9.17, 15) is 0 Å². The molecule has 1 aliphatic rings. The van der Waals surface area contributed by atoms with Crippen molar-refractivity contribution in [2.75, 3.05) is 5.33 Å². The van der Waals surface area contributed by atoms with Gasteiger partial charge in [-0.15, -0.1) is 0 Å². The highest BCUT2D eigenvalue weighted by Gasteiger charge is 2.36. The Morgan fingerprint density at radius 3 is 2.55 bits per heavy atom. The summed E-state index contributed by atoms with van der Waals surface area (Å²) in [6.07, 6.45) is 1.37. The molecule has 2 unspecified atom stereocenters. The molecule has 1 aromatic carbocycles. The van der Waals surface area contributed by atoms with Gasteiger partial charge in [-0.05, 0) is 23.8 Å². The van der Waals surface area contributed by atoms with E-state index in [-0.39, 0.29) is 0 Å². The lowest BCUT2D eigenvalue weighted by molar-refractivity contribution is 0.937. The Bertz CT molecular complexity index is 230. The van der Waals surface area contributed by atoms with Crippen molar-refractivity contribution in [2.45, 2.75) is 12.3 Å². The summed E-state index contributed by atoms with van der Waals surface area (Å²) in [6, 6.07) is 10.8. The molecule has 0 spiro atoms. The monoisotopic (exact) mass is 210 g/mol. The van der Waals surface area contributed by atoms with Crippen LogP contribution in [0.3, 0.4) is 0 Å². The van der Waals surface area contributed by atoms with Gasteiger partial charge in [0.05, 0.1) is 0 Å². The molecule has 0 aromatic heterocycles. The van der Waals surface area contributed by atoms with Crippen LogP contribution >= 0.6 is 15.9 Å². The first kappa shape index (κ1) is 7.35. The minimum atomic E-state index is 0.843. The van der Waals surface area contributed by atoms with Gasteiger partial charge in [0.25, 0.3) is 0 Å². The summed E-state index contributed by atoms with van der Waals surface area (Å²) in [4.78, 5) is 0. The van der Waals surface area contributed by atoms with Crippen LogP contribution < -0.4 is 0 Å². The maximum Gasteiger partial charge on any atom is 0.00657 e. The van der Waals surface area contributed by atoms with E-state index < -0.39 is 0 Å². The molecule has 1 aliphatic carbocycles. The van der Waals surface area contributed by atoms with Crippen LogP contribution in [0, 0.1) is 5.92 Å². The van der Waals surface area contributed by atoms with Gasteiger partial charge in [0.1, 0.15) is 0 Å². The topological polar surface area (TPSA) is 0 Å². The molecule has 0 nitrogen and oxygen atoms in total. The largest absolute Gasteiger partial charge is 0.0925 e. The van der Waals surface area contributed by atoms with Gasteiger partial charge in [-0.1, -0.05) is 46.3 Å². The highest BCUT2D eigenvalue weighted by Crippen LogP contribution is 2.47. The lowest BCUT2D eigenvalue weighted by Gasteiger charge is -1.95. The third-order valence-corrected chi connectivity index (χ3v) is 3.18. The third kappa shape index (κ3) is 1.48. The fraction of sp³-hybridized carbons (Fsp3) is 0.400. The van der Waals surface area contributed by atoms with Crippen LogP contribution in [0.4, 0.5) is 0 Å². The van der Waals surface area contributed by atoms with E-state index in [2.05, 4.69) is 46.3 Å². The average molecular weight is 211 g/mol. The number of alkyl halides is 1. The van der Waals surface area contributed by atoms with Gasteiger partial charge in [-0.25, -0.2) is 0 Å². The molecular weight excluding hydrogens is 200 g/mol. The van der Waals surface area contributed by atoms with Crippen molar-refractivity contribution in [1.82, 2.24) is 0 Å². The quantitative estimate of drug-likeness (QED) is 0.659. The van der Waals surface area contributed by atoms with Crippen molar-refractivity contribution in [3.8, 4) is 0 Å². The van der Waals surface area contributed by atoms with Crippen LogP contribution in [0.15, 0.2) is 30.3 Å². The first-order valence-electron chi connectivity index (χ1n) is 4.02. The van der Waals surface area contributed by atoms with Crippen LogP contribution in [0.5, 0.6) is 0 Å². The number of hydrogen-bond acceptors (Lipinski definition) is 0. The zero-order valence-corrected chi connectivity index (χ0v) is 7.92. The molecule has 0 N–H and O–H groups in total. The highest BCUT2D eigenvalue weighted by molar-refractivity contribution is 9.09. The molecule has 58 valence electrons. The Labute approximate surface area is 75.8 Å². The van der Waals surface area contributed by atoms with Crippen molar-refractivity contribution in [2.24, 2.45) is 5.92 Å². The van der Waals surface area contributed by atoms with Crippen LogP contribution in [-0.2, 0) is 0 Å². The molecule has 0 radical (unpaired) electrons. The van der Waals surface area contributed by atoms with Crippen molar-refractivity contribution in [3.63, 3.8) is 0 Å². The molecule has 2 rings (SSSR count). The second-order valence-corrected chi connectivity index (χ2v) is 3.81. The van der Waals surface area contributed by atoms with Gasteiger partial charge >= 0.3 is 0 Å². The minimum Gasteiger partial charge on any atom is -0.0925 e. The van der Waals surface area contributed by atoms with E-state index in [1.807, 2.05) is 0 Å². The summed E-state index contributed by atoms with van der Waals surface area (Å²) in [6.45, 7) is 0. The zero-order valence-electron chi connectivity index (χ0n) is 6.33. The van der Waals surface area contributed by atoms with E-state index in [1.54, 1.807) is 0 Å². The summed E-state index contributed by atoms with van der Waals surface area (Å²) >= 11 is 3.51. The third-order valence-electron chi connectivity index (χ3n) is 2.35. The van der Waals surface area contributed by atoms with Crippen molar-refractivity contribution in [3.05, 3.63) is 35.9 Å². The molecular formula is C10H11Br. The Morgan fingerprint density at radius 1 is 1.27 bits per heavy atom. The number of halogens is 1. The predicted molar refractivity (Wildman–Crippen MR) is 51.1 cm³/mol. The Balaban J connectivity index is 2.09. The van der Waals surface area contributed by atoms with E-state index in [0.717, 1.165) is 17.2 Å². The van der Waals surface area contributed by atoms with Crippen molar-refractivity contribution in [1.29, 1.82) is 0 Å². The fourth-order valence-corrected chi connectivity index (χ4v) is 2.24. The molecule has 0 heterocycles. The van der Waals surface area contributed by atoms with Crippen molar-refractivity contribution >= 4 is 15.9 Å². The molecule has 0 saturated heterocycles. The highest BCUT2D eigenvalue weighted by atomic mass is 79.9. The van der Waals surface area contributed by atoms with Gasteiger partial charge in [0.15, 0.2) is 0 Å². The number of benzene rings is 1. The standard InChI is InChI=1S/C10H11Br/c11-7-9-6-10(9)8-4-2-1-3-5-8/h1-5,9-10H,6-7H2. The molecule has 0 aliphatic heterocycles. The Morgan fingerprint density at radius 2 is 2.00 bits per heavy atom. The lowest BCUT2D eigenvalue weighted by Crippen LogP contribution is -1.82. The van der Waals surface area contributed by atoms with Gasteiger partial charge < -0.3 is 0 Å². The second-order valence-electron chi connectivity index (χ2n) is 3.17. The minimum absolute atomic E-state index is 0.843. The van der Waals surface area contributed by atoms with Gasteiger partial charge in [0, 0.05) is 5.33 Å². The normalized spacial score (nSPS) is 28.5. The molecule has 1 saturated carbocycles. The van der Waals surface area contributed by atoms with E-state index in [0.29, 0.717) is 0 Å². The predicted octanol–water partition coefficient (Wildman–Crippen LogP) is 3.19. The van der Waals surface area contributed by atoms with Gasteiger partial charge in [-0.2, -0.15) is 0 Å². The van der Waals surface area contributed by atoms with E-state index in [4.69, 9.17) is 0 Å². The average Bonchev–Trinajstić information content (AvgIpc) is 2.85. The molecule has 0 amide bonds. The summed E-state index contributed by atoms with van der Waals surface area (Å²) in [5.74, 6) is 1.74. The lowest BCUT2D eigenvalue weighted by atomic mass is 10.1. The smallest absolute Gasteiger partial charge is 0.00657 e. The van der Waals surface area contributed by atoms with Gasteiger partial charge in [-0.3, -0.25) is 0 Å². The maximum atomic E-state index is 3.51. The molecule has 2 atom stereocenters. The molecule has 1 fully saturated rings. The first-order chi connectivity index (χ1) is 5.42. The molecule has 1 heteroatoms. The van der Waals surface area contributed by atoms with Crippen LogP contribution in [0.25, 0.3) is 0 Å². The Hall–Kier alpha value is -0.300. The van der Waals surface area contributed by atoms with Crippen LogP contribution in [0.2, 0.25) is 0 Å². The summed E-state index contributed by atoms with van der Waals surface area (Å²) in [5, 5.41) is 1.16. The van der Waals surface area contributed by atoms with Crippen LogP contribution in [0.1, 0.15) is 17.9 Å². The number of rotatable bonds is 2. The van der Waals surface area contributed by atoms with Gasteiger partial charge in [0.2, 0.25) is 0 Å². The molecule has 0 bridgehead atoms. The maximum absolute atomic E-state index is 3.51. The van der Waals surface area contributed by atoms with E-state index in [1.165, 1.54) is 12.0 Å². The summed E-state index contributed by atoms with van der Waals surface area (Å²) in [7, 11) is 0. The first-order valence-corrected chi connectivity index (χ1v) is 5.15. The summed E-state index contributed by atoms with van der Waals surface area (Å²) in [5.41, 5.74) is 1.51. The fourth-order valence-electron chi connectivity index (χ4n) is 1.53. The SMILES string of the molecule is BrCC1CC1c1ccccc1. The van der Waals surface area contributed by atoms with Crippen LogP contribution in [-0.4, -0.2) is 5.33 Å². The molecule has 1 aromatic rings. The van der Waals surface area contributed by atoms with Crippen molar-refractivity contribution < 1.29 is 0 Å². The molecule has 11 heavy (non-hydrogen) atoms. The zero-order chi connectivity index (χ0) is 7.68. The summed E-state index contributed by atoms with van der Waals surface area (Å²) < 4.78 is 0. The second kappa shape index (κ2) is 2.98. The van der Waals surface area contributed by atoms with E-state index >= 15 is 0 Å². The Kier molecular flexibility index (Phi) is 1.99.